The maximum atomic E-state index is 5.93. The molecule has 0 saturated carbocycles. The molecule has 0 aliphatic carbocycles. The van der Waals surface area contributed by atoms with E-state index in [-0.39, 0.29) is 6.04 Å². The van der Waals surface area contributed by atoms with Crippen LogP contribution in [0.4, 0.5) is 0 Å². The minimum Gasteiger partial charge on any atom is -0.491 e. The van der Waals surface area contributed by atoms with Gasteiger partial charge in [-0.15, -0.1) is 0 Å². The Hall–Kier alpha value is -1.02. The zero-order chi connectivity index (χ0) is 10.1. The first-order valence-electron chi connectivity index (χ1n) is 5.25. The van der Waals surface area contributed by atoms with Gasteiger partial charge in [0.2, 0.25) is 0 Å². The molecule has 1 unspecified atom stereocenters. The molecule has 0 spiro atoms. The molecule has 2 atom stereocenters. The lowest BCUT2D eigenvalue weighted by molar-refractivity contribution is 0.329. The number of hydrogen-bond acceptors (Lipinski definition) is 2. The average molecular weight is 191 g/mol. The first-order chi connectivity index (χ1) is 6.74. The maximum Gasteiger partial charge on any atom is 0.127 e. The van der Waals surface area contributed by atoms with Gasteiger partial charge in [0.1, 0.15) is 12.4 Å². The Balaban J connectivity index is 2.43. The van der Waals surface area contributed by atoms with Crippen molar-refractivity contribution in [3.63, 3.8) is 0 Å². The van der Waals surface area contributed by atoms with Crippen LogP contribution in [0.5, 0.6) is 5.75 Å². The summed E-state index contributed by atoms with van der Waals surface area (Å²) in [5, 5.41) is 0. The lowest BCUT2D eigenvalue weighted by Crippen LogP contribution is -2.10. The summed E-state index contributed by atoms with van der Waals surface area (Å²) in [7, 11) is 0. The van der Waals surface area contributed by atoms with E-state index >= 15 is 0 Å². The fourth-order valence-electron chi connectivity index (χ4n) is 1.90. The molecule has 0 saturated heterocycles. The summed E-state index contributed by atoms with van der Waals surface area (Å²) < 4.78 is 5.64. The first-order valence-corrected chi connectivity index (χ1v) is 5.25. The third kappa shape index (κ3) is 1.40. The third-order valence-electron chi connectivity index (χ3n) is 3.03. The summed E-state index contributed by atoms with van der Waals surface area (Å²) in [6.45, 7) is 5.05. The Morgan fingerprint density at radius 2 is 2.36 bits per heavy atom. The third-order valence-corrected chi connectivity index (χ3v) is 3.03. The number of hydrogen-bond donors (Lipinski definition) is 1. The van der Waals surface area contributed by atoms with E-state index in [1.165, 1.54) is 11.1 Å². The molecule has 1 aliphatic heterocycles. The SMILES string of the molecule is CCC(C)c1cccc2c1OC[C@@H]2N. The monoisotopic (exact) mass is 191 g/mol. The van der Waals surface area contributed by atoms with Crippen molar-refractivity contribution in [2.45, 2.75) is 32.2 Å². The largest absolute Gasteiger partial charge is 0.491 e. The van der Waals surface area contributed by atoms with Crippen molar-refractivity contribution in [2.24, 2.45) is 5.73 Å². The number of fused-ring (bicyclic) bond motifs is 1. The summed E-state index contributed by atoms with van der Waals surface area (Å²) in [5.41, 5.74) is 8.40. The molecule has 0 aromatic heterocycles. The molecule has 14 heavy (non-hydrogen) atoms. The van der Waals surface area contributed by atoms with Gasteiger partial charge in [0.15, 0.2) is 0 Å². The molecular weight excluding hydrogens is 174 g/mol. The van der Waals surface area contributed by atoms with Crippen LogP contribution in [-0.4, -0.2) is 6.61 Å². The van der Waals surface area contributed by atoms with Crippen LogP contribution in [0.1, 0.15) is 43.4 Å². The molecule has 1 aliphatic rings. The summed E-state index contributed by atoms with van der Waals surface area (Å²) in [6.07, 6.45) is 1.13. The Labute approximate surface area is 85.1 Å². The summed E-state index contributed by atoms with van der Waals surface area (Å²) >= 11 is 0. The fraction of sp³-hybridized carbons (Fsp3) is 0.500. The molecule has 0 radical (unpaired) electrons. The van der Waals surface area contributed by atoms with E-state index in [2.05, 4.69) is 32.0 Å². The molecule has 1 heterocycles. The van der Waals surface area contributed by atoms with E-state index in [9.17, 15) is 0 Å². The van der Waals surface area contributed by atoms with Gasteiger partial charge in [0, 0.05) is 5.56 Å². The average Bonchev–Trinajstić information content (AvgIpc) is 2.59. The van der Waals surface area contributed by atoms with Crippen LogP contribution in [-0.2, 0) is 0 Å². The number of para-hydroxylation sites is 1. The van der Waals surface area contributed by atoms with Crippen LogP contribution in [0, 0.1) is 0 Å². The quantitative estimate of drug-likeness (QED) is 0.779. The molecular formula is C12H17NO. The van der Waals surface area contributed by atoms with Crippen molar-refractivity contribution in [1.29, 1.82) is 0 Å². The van der Waals surface area contributed by atoms with Gasteiger partial charge in [-0.2, -0.15) is 0 Å². The molecule has 2 N–H and O–H groups in total. The standard InChI is InChI=1S/C12H17NO/c1-3-8(2)9-5-4-6-10-11(13)7-14-12(9)10/h4-6,8,11H,3,7,13H2,1-2H3/t8?,11-/m0/s1. The smallest absolute Gasteiger partial charge is 0.127 e. The van der Waals surface area contributed by atoms with Crippen molar-refractivity contribution in [3.8, 4) is 5.75 Å². The van der Waals surface area contributed by atoms with Crippen LogP contribution >= 0.6 is 0 Å². The molecule has 0 fully saturated rings. The van der Waals surface area contributed by atoms with Crippen LogP contribution in [0.3, 0.4) is 0 Å². The molecule has 2 rings (SSSR count). The van der Waals surface area contributed by atoms with Gasteiger partial charge < -0.3 is 10.5 Å². The number of nitrogens with two attached hydrogens (primary N) is 1. The molecule has 76 valence electrons. The Bertz CT molecular complexity index is 335. The van der Waals surface area contributed by atoms with Gasteiger partial charge in [0.05, 0.1) is 6.04 Å². The summed E-state index contributed by atoms with van der Waals surface area (Å²) in [6, 6.07) is 6.35. The number of benzene rings is 1. The second kappa shape index (κ2) is 3.62. The van der Waals surface area contributed by atoms with Crippen LogP contribution < -0.4 is 10.5 Å². The van der Waals surface area contributed by atoms with Gasteiger partial charge >= 0.3 is 0 Å². The Morgan fingerprint density at radius 3 is 3.07 bits per heavy atom. The zero-order valence-corrected chi connectivity index (χ0v) is 8.79. The van der Waals surface area contributed by atoms with Gasteiger partial charge in [-0.3, -0.25) is 0 Å². The molecule has 2 nitrogen and oxygen atoms in total. The van der Waals surface area contributed by atoms with Gasteiger partial charge in [-0.1, -0.05) is 32.0 Å². The fourth-order valence-corrected chi connectivity index (χ4v) is 1.90. The topological polar surface area (TPSA) is 35.2 Å². The van der Waals surface area contributed by atoms with Crippen LogP contribution in [0.25, 0.3) is 0 Å². The van der Waals surface area contributed by atoms with E-state index in [0.29, 0.717) is 12.5 Å². The second-order valence-corrected chi connectivity index (χ2v) is 3.99. The molecule has 0 amide bonds. The lowest BCUT2D eigenvalue weighted by Gasteiger charge is -2.13. The van der Waals surface area contributed by atoms with Crippen LogP contribution in [0.2, 0.25) is 0 Å². The van der Waals surface area contributed by atoms with Gasteiger partial charge in [0.25, 0.3) is 0 Å². The summed E-state index contributed by atoms with van der Waals surface area (Å²) in [5.74, 6) is 1.59. The highest BCUT2D eigenvalue weighted by molar-refractivity contribution is 5.47. The molecule has 1 aromatic rings. The molecule has 2 heteroatoms. The van der Waals surface area contributed by atoms with Gasteiger partial charge in [-0.05, 0) is 17.9 Å². The highest BCUT2D eigenvalue weighted by Gasteiger charge is 2.24. The van der Waals surface area contributed by atoms with E-state index in [4.69, 9.17) is 10.5 Å². The van der Waals surface area contributed by atoms with E-state index in [0.717, 1.165) is 12.2 Å². The van der Waals surface area contributed by atoms with E-state index in [1.807, 2.05) is 0 Å². The Kier molecular flexibility index (Phi) is 2.46. The summed E-state index contributed by atoms with van der Waals surface area (Å²) in [4.78, 5) is 0. The van der Waals surface area contributed by atoms with Crippen molar-refractivity contribution in [2.75, 3.05) is 6.61 Å². The minimum atomic E-state index is 0.0639. The van der Waals surface area contributed by atoms with Crippen molar-refractivity contribution in [1.82, 2.24) is 0 Å². The second-order valence-electron chi connectivity index (χ2n) is 3.99. The first kappa shape index (κ1) is 9.53. The predicted octanol–water partition coefficient (Wildman–Crippen LogP) is 2.59. The van der Waals surface area contributed by atoms with Crippen molar-refractivity contribution in [3.05, 3.63) is 29.3 Å². The Morgan fingerprint density at radius 1 is 1.57 bits per heavy atom. The van der Waals surface area contributed by atoms with E-state index in [1.54, 1.807) is 0 Å². The highest BCUT2D eigenvalue weighted by Crippen LogP contribution is 2.38. The normalized spacial score (nSPS) is 21.5. The number of ether oxygens (including phenoxy) is 1. The lowest BCUT2D eigenvalue weighted by atomic mass is 9.95. The highest BCUT2D eigenvalue weighted by atomic mass is 16.5. The van der Waals surface area contributed by atoms with Gasteiger partial charge in [-0.25, -0.2) is 0 Å². The molecule has 0 bridgehead atoms. The van der Waals surface area contributed by atoms with Crippen molar-refractivity contribution < 1.29 is 4.74 Å². The minimum absolute atomic E-state index is 0.0639. The molecule has 1 aromatic carbocycles. The zero-order valence-electron chi connectivity index (χ0n) is 8.79. The van der Waals surface area contributed by atoms with Crippen LogP contribution in [0.15, 0.2) is 18.2 Å². The van der Waals surface area contributed by atoms with Crippen molar-refractivity contribution >= 4 is 0 Å². The number of rotatable bonds is 2. The van der Waals surface area contributed by atoms with E-state index < -0.39 is 0 Å². The predicted molar refractivity (Wildman–Crippen MR) is 57.6 cm³/mol. The maximum absolute atomic E-state index is 5.93.